The van der Waals surface area contributed by atoms with Gasteiger partial charge in [0.1, 0.15) is 11.3 Å². The topological polar surface area (TPSA) is 84.9 Å². The number of nitrogens with one attached hydrogen (secondary N) is 1. The van der Waals surface area contributed by atoms with Gasteiger partial charge in [0.05, 0.1) is 24.3 Å². The highest BCUT2D eigenvalue weighted by Gasteiger charge is 2.45. The standard InChI is InChI=1S/C25H30N2O5S/c1-4-27(5-2)14-8-10-17-9-6-7-11-22(17)33(29,30)26-21-13-12-19-20-15-18(20)16-32-24(19)23(21)25(28)31-3/h6-13,18,20,26H,4-5,14-16H2,1-3H3/b10-8-. The van der Waals surface area contributed by atoms with Crippen molar-refractivity contribution < 1.29 is 22.7 Å². The lowest BCUT2D eigenvalue weighted by Crippen LogP contribution is -2.22. The number of anilines is 1. The van der Waals surface area contributed by atoms with E-state index in [0.717, 1.165) is 31.6 Å². The summed E-state index contributed by atoms with van der Waals surface area (Å²) in [5.74, 6) is 0.629. The lowest BCUT2D eigenvalue weighted by molar-refractivity contribution is 0.0596. The van der Waals surface area contributed by atoms with Crippen molar-refractivity contribution in [2.75, 3.05) is 38.1 Å². The molecule has 0 spiro atoms. The molecular formula is C25H30N2O5S. The zero-order valence-electron chi connectivity index (χ0n) is 19.2. The summed E-state index contributed by atoms with van der Waals surface area (Å²) in [6.45, 7) is 7.26. The number of fused-ring (bicyclic) bond motifs is 3. The number of rotatable bonds is 9. The van der Waals surface area contributed by atoms with Crippen LogP contribution in [0.4, 0.5) is 5.69 Å². The van der Waals surface area contributed by atoms with Crippen molar-refractivity contribution in [1.82, 2.24) is 4.90 Å². The molecule has 2 unspecified atom stereocenters. The molecule has 0 saturated heterocycles. The molecule has 7 nitrogen and oxygen atoms in total. The molecule has 33 heavy (non-hydrogen) atoms. The Morgan fingerprint density at radius 2 is 1.97 bits per heavy atom. The van der Waals surface area contributed by atoms with Gasteiger partial charge in [-0.1, -0.05) is 50.3 Å². The highest BCUT2D eigenvalue weighted by Crippen LogP contribution is 2.55. The zero-order chi connectivity index (χ0) is 23.6. The van der Waals surface area contributed by atoms with Gasteiger partial charge in [-0.2, -0.15) is 0 Å². The molecule has 1 aliphatic heterocycles. The Balaban J connectivity index is 1.66. The van der Waals surface area contributed by atoms with Crippen molar-refractivity contribution in [2.24, 2.45) is 5.92 Å². The minimum absolute atomic E-state index is 0.124. The molecule has 176 valence electrons. The Labute approximate surface area is 195 Å². The lowest BCUT2D eigenvalue weighted by atomic mass is 10.0. The molecule has 1 fully saturated rings. The van der Waals surface area contributed by atoms with Crippen LogP contribution in [0.15, 0.2) is 47.4 Å². The van der Waals surface area contributed by atoms with E-state index in [1.807, 2.05) is 18.2 Å². The van der Waals surface area contributed by atoms with Crippen LogP contribution in [-0.2, 0) is 14.8 Å². The van der Waals surface area contributed by atoms with E-state index in [-0.39, 0.29) is 16.1 Å². The van der Waals surface area contributed by atoms with Crippen LogP contribution < -0.4 is 9.46 Å². The molecule has 8 heteroatoms. The first-order chi connectivity index (χ1) is 15.9. The van der Waals surface area contributed by atoms with Gasteiger partial charge in [0.15, 0.2) is 0 Å². The highest BCUT2D eigenvalue weighted by molar-refractivity contribution is 7.92. The second-order valence-corrected chi connectivity index (χ2v) is 9.99. The summed E-state index contributed by atoms with van der Waals surface area (Å²) in [5.41, 5.74) is 1.79. The van der Waals surface area contributed by atoms with Crippen molar-refractivity contribution >= 4 is 27.8 Å². The first-order valence-electron chi connectivity index (χ1n) is 11.3. The van der Waals surface area contributed by atoms with Gasteiger partial charge < -0.3 is 14.4 Å². The number of ether oxygens (including phenoxy) is 2. The normalized spacial score (nSPS) is 19.0. The molecule has 2 aromatic rings. The average molecular weight is 471 g/mol. The number of hydrogen-bond acceptors (Lipinski definition) is 6. The summed E-state index contributed by atoms with van der Waals surface area (Å²) in [7, 11) is -2.70. The smallest absolute Gasteiger partial charge is 0.343 e. The van der Waals surface area contributed by atoms with Crippen molar-refractivity contribution in [1.29, 1.82) is 0 Å². The predicted molar refractivity (Wildman–Crippen MR) is 128 cm³/mol. The van der Waals surface area contributed by atoms with Crippen LogP contribution in [-0.4, -0.2) is 52.6 Å². The molecule has 2 aliphatic rings. The highest BCUT2D eigenvalue weighted by atomic mass is 32.2. The van der Waals surface area contributed by atoms with Crippen LogP contribution in [0.3, 0.4) is 0 Å². The third-order valence-corrected chi connectivity index (χ3v) is 7.79. The molecule has 0 aromatic heterocycles. The van der Waals surface area contributed by atoms with Gasteiger partial charge in [0, 0.05) is 12.5 Å². The van der Waals surface area contributed by atoms with Gasteiger partial charge in [-0.05, 0) is 48.7 Å². The van der Waals surface area contributed by atoms with E-state index >= 15 is 0 Å². The Bertz CT molecular complexity index is 1170. The maximum Gasteiger partial charge on any atom is 0.343 e. The van der Waals surface area contributed by atoms with Crippen molar-refractivity contribution in [3.05, 3.63) is 59.2 Å². The fourth-order valence-electron chi connectivity index (χ4n) is 4.31. The first kappa shape index (κ1) is 23.3. The van der Waals surface area contributed by atoms with E-state index < -0.39 is 16.0 Å². The number of esters is 1. The SMILES string of the molecule is CCN(CC)C/C=C\c1ccccc1S(=O)(=O)Nc1ccc2c(c1C(=O)OC)OCC1CC21. The zero-order valence-corrected chi connectivity index (χ0v) is 20.0. The third-order valence-electron chi connectivity index (χ3n) is 6.35. The predicted octanol–water partition coefficient (Wildman–Crippen LogP) is 4.12. The molecule has 2 atom stereocenters. The molecule has 2 aromatic carbocycles. The van der Waals surface area contributed by atoms with Gasteiger partial charge in [-0.15, -0.1) is 0 Å². The Hall–Kier alpha value is -2.84. The average Bonchev–Trinajstić information content (AvgIpc) is 3.61. The number of carbonyl (C=O) groups excluding carboxylic acids is 1. The lowest BCUT2D eigenvalue weighted by Gasteiger charge is -2.22. The van der Waals surface area contributed by atoms with E-state index in [9.17, 15) is 13.2 Å². The summed E-state index contributed by atoms with van der Waals surface area (Å²) in [5, 5.41) is 0. The maximum absolute atomic E-state index is 13.4. The summed E-state index contributed by atoms with van der Waals surface area (Å²) in [6, 6.07) is 10.3. The van der Waals surface area contributed by atoms with Crippen LogP contribution in [0.25, 0.3) is 6.08 Å². The number of benzene rings is 2. The molecule has 1 aliphatic carbocycles. The molecule has 1 N–H and O–H groups in total. The third kappa shape index (κ3) is 4.77. The van der Waals surface area contributed by atoms with Crippen LogP contribution in [0.1, 0.15) is 47.7 Å². The monoisotopic (exact) mass is 470 g/mol. The molecular weight excluding hydrogens is 440 g/mol. The van der Waals surface area contributed by atoms with Crippen LogP contribution in [0, 0.1) is 5.92 Å². The molecule has 4 rings (SSSR count). The number of methoxy groups -OCH3 is 1. The molecule has 0 amide bonds. The van der Waals surface area contributed by atoms with Crippen LogP contribution in [0.2, 0.25) is 0 Å². The minimum atomic E-state index is -3.98. The van der Waals surface area contributed by atoms with Gasteiger partial charge in [-0.25, -0.2) is 13.2 Å². The Morgan fingerprint density at radius 3 is 2.70 bits per heavy atom. The maximum atomic E-state index is 13.4. The summed E-state index contributed by atoms with van der Waals surface area (Å²) >= 11 is 0. The molecule has 1 saturated carbocycles. The number of sulfonamides is 1. The van der Waals surface area contributed by atoms with Crippen molar-refractivity contribution in [3.63, 3.8) is 0 Å². The fourth-order valence-corrected chi connectivity index (χ4v) is 5.59. The number of nitrogens with zero attached hydrogens (tertiary/aromatic N) is 1. The van der Waals surface area contributed by atoms with Gasteiger partial charge in [0.2, 0.25) is 0 Å². The molecule has 0 bridgehead atoms. The van der Waals surface area contributed by atoms with Crippen LogP contribution in [0.5, 0.6) is 5.75 Å². The number of likely N-dealkylation sites (N-methyl/N-ethyl adjacent to an activating group) is 1. The van der Waals surface area contributed by atoms with E-state index in [1.165, 1.54) is 7.11 Å². The number of hydrogen-bond donors (Lipinski definition) is 1. The number of carbonyl (C=O) groups is 1. The quantitative estimate of drug-likeness (QED) is 0.555. The van der Waals surface area contributed by atoms with Crippen molar-refractivity contribution in [3.8, 4) is 5.75 Å². The first-order valence-corrected chi connectivity index (χ1v) is 12.8. The van der Waals surface area contributed by atoms with Gasteiger partial charge in [0.25, 0.3) is 10.0 Å². The Kier molecular flexibility index (Phi) is 6.76. The van der Waals surface area contributed by atoms with E-state index in [0.29, 0.717) is 29.8 Å². The summed E-state index contributed by atoms with van der Waals surface area (Å²) < 4.78 is 40.2. The summed E-state index contributed by atoms with van der Waals surface area (Å²) in [6.07, 6.45) is 4.79. The summed E-state index contributed by atoms with van der Waals surface area (Å²) in [4.78, 5) is 15.0. The van der Waals surface area contributed by atoms with Crippen molar-refractivity contribution in [2.45, 2.75) is 31.1 Å². The van der Waals surface area contributed by atoms with Gasteiger partial charge in [-0.3, -0.25) is 4.72 Å². The fraction of sp³-hybridized carbons (Fsp3) is 0.400. The second kappa shape index (κ2) is 9.57. The minimum Gasteiger partial charge on any atom is -0.492 e. The molecule has 0 radical (unpaired) electrons. The van der Waals surface area contributed by atoms with E-state index in [2.05, 4.69) is 23.5 Å². The molecule has 1 heterocycles. The van der Waals surface area contributed by atoms with E-state index in [4.69, 9.17) is 9.47 Å². The van der Waals surface area contributed by atoms with Gasteiger partial charge >= 0.3 is 5.97 Å². The second-order valence-electron chi connectivity index (χ2n) is 8.34. The largest absolute Gasteiger partial charge is 0.492 e. The Morgan fingerprint density at radius 1 is 1.21 bits per heavy atom. The van der Waals surface area contributed by atoms with Crippen LogP contribution >= 0.6 is 0 Å². The van der Waals surface area contributed by atoms with E-state index in [1.54, 1.807) is 30.3 Å².